The van der Waals surface area contributed by atoms with Crippen molar-refractivity contribution >= 4 is 5.91 Å². The highest BCUT2D eigenvalue weighted by molar-refractivity contribution is 5.72. The van der Waals surface area contributed by atoms with E-state index in [4.69, 9.17) is 4.52 Å². The second-order valence-electron chi connectivity index (χ2n) is 5.87. The number of carbonyl (C=O) groups excluding carboxylic acids is 1. The Balaban J connectivity index is 1.54. The van der Waals surface area contributed by atoms with Crippen LogP contribution < -0.4 is 5.32 Å². The van der Waals surface area contributed by atoms with E-state index in [0.717, 1.165) is 49.6 Å². The third kappa shape index (κ3) is 3.74. The van der Waals surface area contributed by atoms with Gasteiger partial charge in [0.1, 0.15) is 5.69 Å². The molecule has 5 nitrogen and oxygen atoms in total. The van der Waals surface area contributed by atoms with Crippen LogP contribution in [0.25, 0.3) is 11.3 Å². The molecule has 1 amide bonds. The lowest BCUT2D eigenvalue weighted by Crippen LogP contribution is -2.29. The molecule has 22 heavy (non-hydrogen) atoms. The third-order valence-electron chi connectivity index (χ3n) is 4.02. The summed E-state index contributed by atoms with van der Waals surface area (Å²) in [6.07, 6.45) is 1.11. The van der Waals surface area contributed by atoms with Crippen molar-refractivity contribution in [1.29, 1.82) is 0 Å². The predicted molar refractivity (Wildman–Crippen MR) is 84.0 cm³/mol. The summed E-state index contributed by atoms with van der Waals surface area (Å²) in [6.45, 7) is 5.12. The Morgan fingerprint density at radius 3 is 3.00 bits per heavy atom. The minimum absolute atomic E-state index is 0.0428. The molecule has 1 aromatic heterocycles. The van der Waals surface area contributed by atoms with Crippen LogP contribution in [0.1, 0.15) is 19.1 Å². The fourth-order valence-electron chi connectivity index (χ4n) is 2.86. The van der Waals surface area contributed by atoms with E-state index in [1.54, 1.807) is 6.92 Å². The molecule has 1 aliphatic heterocycles. The van der Waals surface area contributed by atoms with Crippen LogP contribution in [0.5, 0.6) is 0 Å². The fourth-order valence-corrected chi connectivity index (χ4v) is 2.86. The highest BCUT2D eigenvalue weighted by atomic mass is 16.5. The normalized spacial score (nSPS) is 18.5. The molecule has 0 unspecified atom stereocenters. The van der Waals surface area contributed by atoms with Gasteiger partial charge < -0.3 is 9.84 Å². The van der Waals surface area contributed by atoms with Crippen molar-refractivity contribution in [2.45, 2.75) is 19.9 Å². The van der Waals surface area contributed by atoms with E-state index in [-0.39, 0.29) is 5.91 Å². The van der Waals surface area contributed by atoms with Crippen LogP contribution in [0.3, 0.4) is 0 Å². The second kappa shape index (κ2) is 6.75. The minimum atomic E-state index is 0.0428. The molecule has 0 aliphatic carbocycles. The molecule has 0 bridgehead atoms. The molecule has 2 aromatic rings. The number of amides is 1. The summed E-state index contributed by atoms with van der Waals surface area (Å²) in [5, 5.41) is 7.04. The monoisotopic (exact) mass is 299 g/mol. The first-order chi connectivity index (χ1) is 10.7. The van der Waals surface area contributed by atoms with E-state index in [9.17, 15) is 4.79 Å². The largest absolute Gasteiger partial charge is 0.359 e. The Morgan fingerprint density at radius 1 is 1.41 bits per heavy atom. The Bertz CT molecular complexity index is 624. The molecule has 3 rings (SSSR count). The standard InChI is InChI=1S/C17H21N3O2/c1-13(21)18-10-14-7-8-20(11-14)12-16-9-17(19-22-16)15-5-3-2-4-6-15/h2-6,9,14H,7-8,10-12H2,1H3,(H,18,21)/t14-/m0/s1. The zero-order valence-electron chi connectivity index (χ0n) is 12.8. The first-order valence-electron chi connectivity index (χ1n) is 7.68. The molecule has 1 N–H and O–H groups in total. The van der Waals surface area contributed by atoms with E-state index in [0.29, 0.717) is 5.92 Å². The van der Waals surface area contributed by atoms with Crippen LogP contribution in [-0.2, 0) is 11.3 Å². The summed E-state index contributed by atoms with van der Waals surface area (Å²) in [5.74, 6) is 1.46. The number of likely N-dealkylation sites (tertiary alicyclic amines) is 1. The number of nitrogens with one attached hydrogen (secondary N) is 1. The van der Waals surface area contributed by atoms with Crippen LogP contribution in [0.15, 0.2) is 40.9 Å². The van der Waals surface area contributed by atoms with Crippen LogP contribution in [0.4, 0.5) is 0 Å². The van der Waals surface area contributed by atoms with Crippen LogP contribution in [0.2, 0.25) is 0 Å². The molecule has 1 saturated heterocycles. The van der Waals surface area contributed by atoms with E-state index in [1.807, 2.05) is 36.4 Å². The summed E-state index contributed by atoms with van der Waals surface area (Å²) in [4.78, 5) is 13.3. The van der Waals surface area contributed by atoms with Gasteiger partial charge in [-0.1, -0.05) is 35.5 Å². The van der Waals surface area contributed by atoms with Gasteiger partial charge in [0.2, 0.25) is 5.91 Å². The summed E-state index contributed by atoms with van der Waals surface area (Å²) in [5.41, 5.74) is 1.95. The quantitative estimate of drug-likeness (QED) is 0.920. The molecule has 0 saturated carbocycles. The molecule has 2 heterocycles. The lowest BCUT2D eigenvalue weighted by molar-refractivity contribution is -0.119. The van der Waals surface area contributed by atoms with Gasteiger partial charge >= 0.3 is 0 Å². The molecule has 1 fully saturated rings. The molecule has 116 valence electrons. The molecule has 0 spiro atoms. The number of hydrogen-bond acceptors (Lipinski definition) is 4. The number of carbonyl (C=O) groups is 1. The van der Waals surface area contributed by atoms with Gasteiger partial charge in [0.15, 0.2) is 5.76 Å². The van der Waals surface area contributed by atoms with Gasteiger partial charge in [0.05, 0.1) is 6.54 Å². The molecule has 1 aromatic carbocycles. The van der Waals surface area contributed by atoms with Crippen LogP contribution in [-0.4, -0.2) is 35.6 Å². The van der Waals surface area contributed by atoms with Gasteiger partial charge in [-0.15, -0.1) is 0 Å². The van der Waals surface area contributed by atoms with Crippen molar-refractivity contribution in [3.8, 4) is 11.3 Å². The smallest absolute Gasteiger partial charge is 0.216 e. The average molecular weight is 299 g/mol. The zero-order chi connectivity index (χ0) is 15.4. The third-order valence-corrected chi connectivity index (χ3v) is 4.02. The van der Waals surface area contributed by atoms with E-state index < -0.39 is 0 Å². The summed E-state index contributed by atoms with van der Waals surface area (Å²) in [7, 11) is 0. The molecular formula is C17H21N3O2. The Labute approximate surface area is 130 Å². The predicted octanol–water partition coefficient (Wildman–Crippen LogP) is 2.30. The molecule has 1 atom stereocenters. The first kappa shape index (κ1) is 14.8. The van der Waals surface area contributed by atoms with Crippen molar-refractivity contribution < 1.29 is 9.32 Å². The lowest BCUT2D eigenvalue weighted by Gasteiger charge is -2.14. The second-order valence-corrected chi connectivity index (χ2v) is 5.87. The number of rotatable bonds is 5. The molecule has 0 radical (unpaired) electrons. The number of nitrogens with zero attached hydrogens (tertiary/aromatic N) is 2. The van der Waals surface area contributed by atoms with Crippen molar-refractivity contribution in [3.05, 3.63) is 42.2 Å². The van der Waals surface area contributed by atoms with Gasteiger partial charge in [-0.2, -0.15) is 0 Å². The highest BCUT2D eigenvalue weighted by Gasteiger charge is 2.23. The number of benzene rings is 1. The van der Waals surface area contributed by atoms with Crippen molar-refractivity contribution in [2.75, 3.05) is 19.6 Å². The van der Waals surface area contributed by atoms with E-state index >= 15 is 0 Å². The number of aromatic nitrogens is 1. The Hall–Kier alpha value is -2.14. The molecular weight excluding hydrogens is 278 g/mol. The van der Waals surface area contributed by atoms with Crippen molar-refractivity contribution in [3.63, 3.8) is 0 Å². The van der Waals surface area contributed by atoms with Crippen molar-refractivity contribution in [1.82, 2.24) is 15.4 Å². The Kier molecular flexibility index (Phi) is 4.53. The summed E-state index contributed by atoms with van der Waals surface area (Å²) < 4.78 is 5.45. The van der Waals surface area contributed by atoms with Gasteiger partial charge in [-0.25, -0.2) is 0 Å². The fraction of sp³-hybridized carbons (Fsp3) is 0.412. The molecule has 5 heteroatoms. The summed E-state index contributed by atoms with van der Waals surface area (Å²) >= 11 is 0. The van der Waals surface area contributed by atoms with Crippen LogP contribution in [0, 0.1) is 5.92 Å². The topological polar surface area (TPSA) is 58.4 Å². The Morgan fingerprint density at radius 2 is 2.23 bits per heavy atom. The van der Waals surface area contributed by atoms with Gasteiger partial charge in [-0.05, 0) is 18.9 Å². The van der Waals surface area contributed by atoms with E-state index in [1.165, 1.54) is 0 Å². The average Bonchev–Trinajstić information content (AvgIpc) is 3.16. The van der Waals surface area contributed by atoms with Gasteiger partial charge in [0.25, 0.3) is 0 Å². The maximum absolute atomic E-state index is 11.0. The lowest BCUT2D eigenvalue weighted by atomic mass is 10.1. The summed E-state index contributed by atoms with van der Waals surface area (Å²) in [6, 6.07) is 12.1. The molecule has 1 aliphatic rings. The maximum Gasteiger partial charge on any atom is 0.216 e. The minimum Gasteiger partial charge on any atom is -0.359 e. The maximum atomic E-state index is 11.0. The van der Waals surface area contributed by atoms with Gasteiger partial charge in [0, 0.05) is 31.6 Å². The van der Waals surface area contributed by atoms with Crippen LogP contribution >= 0.6 is 0 Å². The number of hydrogen-bond donors (Lipinski definition) is 1. The van der Waals surface area contributed by atoms with Gasteiger partial charge in [-0.3, -0.25) is 9.69 Å². The van der Waals surface area contributed by atoms with E-state index in [2.05, 4.69) is 15.4 Å². The van der Waals surface area contributed by atoms with Crippen molar-refractivity contribution in [2.24, 2.45) is 5.92 Å². The highest BCUT2D eigenvalue weighted by Crippen LogP contribution is 2.22. The first-order valence-corrected chi connectivity index (χ1v) is 7.68. The SMILES string of the molecule is CC(=O)NC[C@@H]1CCN(Cc2cc(-c3ccccc3)no2)C1. The zero-order valence-corrected chi connectivity index (χ0v) is 12.8.